The molecule has 1 heterocycles. The molecule has 22 heavy (non-hydrogen) atoms. The predicted molar refractivity (Wildman–Crippen MR) is 74.7 cm³/mol. The van der Waals surface area contributed by atoms with Gasteiger partial charge in [-0.2, -0.15) is 0 Å². The van der Waals surface area contributed by atoms with Crippen molar-refractivity contribution in [2.24, 2.45) is 0 Å². The SMILES string of the molecule is COC(=O)c1cc([N+](=O)[O-])ccc1OCc1c(C)noc1C. The number of carbonyl (C=O) groups is 1. The second kappa shape index (κ2) is 6.25. The van der Waals surface area contributed by atoms with Crippen LogP contribution in [0.2, 0.25) is 0 Å². The second-order valence-electron chi connectivity index (χ2n) is 4.52. The van der Waals surface area contributed by atoms with E-state index in [9.17, 15) is 14.9 Å². The van der Waals surface area contributed by atoms with Gasteiger partial charge in [0.2, 0.25) is 0 Å². The Morgan fingerprint density at radius 1 is 1.41 bits per heavy atom. The molecule has 2 rings (SSSR count). The highest BCUT2D eigenvalue weighted by atomic mass is 16.6. The summed E-state index contributed by atoms with van der Waals surface area (Å²) in [6.45, 7) is 3.64. The van der Waals surface area contributed by atoms with Crippen molar-refractivity contribution in [1.29, 1.82) is 0 Å². The van der Waals surface area contributed by atoms with Gasteiger partial charge < -0.3 is 14.0 Å². The van der Waals surface area contributed by atoms with E-state index in [0.29, 0.717) is 11.5 Å². The van der Waals surface area contributed by atoms with E-state index in [1.54, 1.807) is 13.8 Å². The fourth-order valence-corrected chi connectivity index (χ4v) is 1.88. The molecule has 0 unspecified atom stereocenters. The number of nitrogens with zero attached hydrogens (tertiary/aromatic N) is 2. The maximum Gasteiger partial charge on any atom is 0.341 e. The fraction of sp³-hybridized carbons (Fsp3) is 0.286. The van der Waals surface area contributed by atoms with Gasteiger partial charge in [-0.1, -0.05) is 5.16 Å². The van der Waals surface area contributed by atoms with Crippen molar-refractivity contribution >= 4 is 11.7 Å². The molecule has 0 bridgehead atoms. The average molecular weight is 306 g/mol. The molecule has 8 nitrogen and oxygen atoms in total. The Morgan fingerprint density at radius 2 is 2.14 bits per heavy atom. The molecule has 0 amide bonds. The highest BCUT2D eigenvalue weighted by Gasteiger charge is 2.19. The van der Waals surface area contributed by atoms with Crippen LogP contribution in [-0.2, 0) is 11.3 Å². The zero-order valence-corrected chi connectivity index (χ0v) is 12.3. The molecule has 0 fully saturated rings. The number of methoxy groups -OCH3 is 1. The summed E-state index contributed by atoms with van der Waals surface area (Å²) in [6.07, 6.45) is 0. The first kappa shape index (κ1) is 15.5. The highest BCUT2D eigenvalue weighted by molar-refractivity contribution is 5.93. The molecular weight excluding hydrogens is 292 g/mol. The lowest BCUT2D eigenvalue weighted by Crippen LogP contribution is -2.07. The van der Waals surface area contributed by atoms with E-state index >= 15 is 0 Å². The quantitative estimate of drug-likeness (QED) is 0.475. The number of benzene rings is 1. The lowest BCUT2D eigenvalue weighted by Gasteiger charge is -2.10. The van der Waals surface area contributed by atoms with Gasteiger partial charge in [-0.15, -0.1) is 0 Å². The van der Waals surface area contributed by atoms with E-state index in [2.05, 4.69) is 9.89 Å². The molecule has 0 aliphatic heterocycles. The van der Waals surface area contributed by atoms with Crippen LogP contribution in [-0.4, -0.2) is 23.2 Å². The van der Waals surface area contributed by atoms with E-state index in [0.717, 1.165) is 11.6 Å². The van der Waals surface area contributed by atoms with Gasteiger partial charge in [0.15, 0.2) is 0 Å². The second-order valence-corrected chi connectivity index (χ2v) is 4.52. The summed E-state index contributed by atoms with van der Waals surface area (Å²) < 4.78 is 15.2. The lowest BCUT2D eigenvalue weighted by molar-refractivity contribution is -0.384. The Kier molecular flexibility index (Phi) is 4.40. The van der Waals surface area contributed by atoms with E-state index in [1.165, 1.54) is 19.2 Å². The number of hydrogen-bond acceptors (Lipinski definition) is 7. The topological polar surface area (TPSA) is 105 Å². The van der Waals surface area contributed by atoms with Gasteiger partial charge >= 0.3 is 5.97 Å². The van der Waals surface area contributed by atoms with Gasteiger partial charge in [0.1, 0.15) is 23.7 Å². The van der Waals surface area contributed by atoms with Gasteiger partial charge in [-0.25, -0.2) is 4.79 Å². The Bertz CT molecular complexity index is 703. The Hall–Kier alpha value is -2.90. The number of aromatic nitrogens is 1. The number of esters is 1. The van der Waals surface area contributed by atoms with Crippen molar-refractivity contribution in [1.82, 2.24) is 5.16 Å². The number of non-ortho nitro benzene ring substituents is 1. The first-order valence-corrected chi connectivity index (χ1v) is 6.35. The lowest BCUT2D eigenvalue weighted by atomic mass is 10.1. The summed E-state index contributed by atoms with van der Waals surface area (Å²) in [6, 6.07) is 3.74. The molecule has 1 aromatic heterocycles. The van der Waals surface area contributed by atoms with Gasteiger partial charge in [0.25, 0.3) is 5.69 Å². The van der Waals surface area contributed by atoms with Crippen LogP contribution in [0.15, 0.2) is 22.7 Å². The van der Waals surface area contributed by atoms with Crippen molar-refractivity contribution in [3.63, 3.8) is 0 Å². The van der Waals surface area contributed by atoms with Crippen LogP contribution >= 0.6 is 0 Å². The predicted octanol–water partition coefficient (Wildman–Crippen LogP) is 2.57. The average Bonchev–Trinajstić information content (AvgIpc) is 2.83. The number of aryl methyl sites for hydroxylation is 2. The smallest absolute Gasteiger partial charge is 0.341 e. The Morgan fingerprint density at radius 3 is 2.68 bits per heavy atom. The molecule has 8 heteroatoms. The largest absolute Gasteiger partial charge is 0.488 e. The summed E-state index contributed by atoms with van der Waals surface area (Å²) in [7, 11) is 1.19. The summed E-state index contributed by atoms with van der Waals surface area (Å²) >= 11 is 0. The number of rotatable bonds is 5. The first-order chi connectivity index (χ1) is 10.4. The van der Waals surface area contributed by atoms with Crippen LogP contribution < -0.4 is 4.74 Å². The zero-order chi connectivity index (χ0) is 16.3. The van der Waals surface area contributed by atoms with Crippen LogP contribution in [0.25, 0.3) is 0 Å². The van der Waals surface area contributed by atoms with Crippen molar-refractivity contribution < 1.29 is 23.7 Å². The Balaban J connectivity index is 2.30. The van der Waals surface area contributed by atoms with E-state index in [4.69, 9.17) is 9.26 Å². The van der Waals surface area contributed by atoms with Gasteiger partial charge in [-0.3, -0.25) is 10.1 Å². The molecule has 0 atom stereocenters. The van der Waals surface area contributed by atoms with E-state index < -0.39 is 10.9 Å². The summed E-state index contributed by atoms with van der Waals surface area (Å²) in [5.74, 6) is 0.0916. The molecule has 1 aromatic carbocycles. The molecule has 0 aliphatic rings. The standard InChI is InChI=1S/C14H14N2O6/c1-8-12(9(2)22-15-8)7-21-13-5-4-10(16(18)19)6-11(13)14(17)20-3/h4-6H,7H2,1-3H3. The van der Waals surface area contributed by atoms with Crippen molar-refractivity contribution in [3.05, 3.63) is 50.9 Å². The molecule has 116 valence electrons. The van der Waals surface area contributed by atoms with Crippen LogP contribution in [0, 0.1) is 24.0 Å². The first-order valence-electron chi connectivity index (χ1n) is 6.35. The summed E-state index contributed by atoms with van der Waals surface area (Å²) in [5, 5.41) is 14.6. The molecule has 2 aromatic rings. The summed E-state index contributed by atoms with van der Waals surface area (Å²) in [5.41, 5.74) is 1.21. The monoisotopic (exact) mass is 306 g/mol. The van der Waals surface area contributed by atoms with Crippen LogP contribution in [0.1, 0.15) is 27.4 Å². The van der Waals surface area contributed by atoms with Crippen molar-refractivity contribution in [3.8, 4) is 5.75 Å². The molecule has 0 saturated carbocycles. The highest BCUT2D eigenvalue weighted by Crippen LogP contribution is 2.26. The minimum absolute atomic E-state index is 0.0107. The normalized spacial score (nSPS) is 10.3. The number of ether oxygens (including phenoxy) is 2. The van der Waals surface area contributed by atoms with Crippen LogP contribution in [0.5, 0.6) is 5.75 Å². The third kappa shape index (κ3) is 3.05. The van der Waals surface area contributed by atoms with E-state index in [-0.39, 0.29) is 23.6 Å². The molecule has 0 N–H and O–H groups in total. The number of carbonyl (C=O) groups excluding carboxylic acids is 1. The fourth-order valence-electron chi connectivity index (χ4n) is 1.88. The molecule has 0 aliphatic carbocycles. The van der Waals surface area contributed by atoms with Crippen molar-refractivity contribution in [2.45, 2.75) is 20.5 Å². The third-order valence-electron chi connectivity index (χ3n) is 3.13. The number of hydrogen-bond donors (Lipinski definition) is 0. The van der Waals surface area contributed by atoms with Crippen molar-refractivity contribution in [2.75, 3.05) is 7.11 Å². The molecule has 0 spiro atoms. The van der Waals surface area contributed by atoms with Gasteiger partial charge in [0.05, 0.1) is 23.3 Å². The molecule has 0 saturated heterocycles. The molecule has 0 radical (unpaired) electrons. The van der Waals surface area contributed by atoms with Gasteiger partial charge in [0, 0.05) is 12.1 Å². The number of nitro benzene ring substituents is 1. The minimum Gasteiger partial charge on any atom is -0.488 e. The molecular formula is C14H14N2O6. The van der Waals surface area contributed by atoms with Gasteiger partial charge in [-0.05, 0) is 19.9 Å². The summed E-state index contributed by atoms with van der Waals surface area (Å²) in [4.78, 5) is 22.0. The maximum absolute atomic E-state index is 11.7. The Labute approximate surface area is 125 Å². The van der Waals surface area contributed by atoms with Crippen LogP contribution in [0.4, 0.5) is 5.69 Å². The maximum atomic E-state index is 11.7. The minimum atomic E-state index is -0.711. The van der Waals surface area contributed by atoms with E-state index in [1.807, 2.05) is 0 Å². The van der Waals surface area contributed by atoms with Crippen LogP contribution in [0.3, 0.4) is 0 Å². The zero-order valence-electron chi connectivity index (χ0n) is 12.3. The third-order valence-corrected chi connectivity index (χ3v) is 3.13. The number of nitro groups is 1.